The molecule has 0 spiro atoms. The third-order valence-electron chi connectivity index (χ3n) is 2.92. The highest BCUT2D eigenvalue weighted by molar-refractivity contribution is 5.85. The molecule has 1 heterocycles. The van der Waals surface area contributed by atoms with Crippen molar-refractivity contribution in [3.8, 4) is 5.75 Å². The fraction of sp³-hybridized carbons (Fsp3) is 0.267. The molecule has 0 aliphatic carbocycles. The van der Waals surface area contributed by atoms with Crippen molar-refractivity contribution in [1.82, 2.24) is 4.98 Å². The number of halogens is 1. The molecule has 3 nitrogen and oxygen atoms in total. The lowest BCUT2D eigenvalue weighted by molar-refractivity contribution is 0.265. The van der Waals surface area contributed by atoms with E-state index in [9.17, 15) is 5.11 Å². The molecule has 0 aliphatic rings. The van der Waals surface area contributed by atoms with Crippen molar-refractivity contribution in [3.63, 3.8) is 0 Å². The average Bonchev–Trinajstić information content (AvgIpc) is 2.38. The molecule has 0 aliphatic heterocycles. The van der Waals surface area contributed by atoms with Crippen molar-refractivity contribution >= 4 is 12.4 Å². The molecule has 0 atom stereocenters. The summed E-state index contributed by atoms with van der Waals surface area (Å²) < 4.78 is 5.82. The summed E-state index contributed by atoms with van der Waals surface area (Å²) in [7, 11) is 0. The van der Waals surface area contributed by atoms with Crippen LogP contribution in [0.4, 0.5) is 0 Å². The Bertz CT molecular complexity index is 523. The van der Waals surface area contributed by atoms with Crippen LogP contribution in [-0.2, 0) is 13.2 Å². The summed E-state index contributed by atoms with van der Waals surface area (Å²) in [5.41, 5.74) is 3.80. The van der Waals surface area contributed by atoms with Gasteiger partial charge in [-0.15, -0.1) is 12.4 Å². The van der Waals surface area contributed by atoms with Gasteiger partial charge in [-0.1, -0.05) is 24.3 Å². The summed E-state index contributed by atoms with van der Waals surface area (Å²) in [4.78, 5) is 4.24. The van der Waals surface area contributed by atoms with Crippen LogP contribution in [0, 0.1) is 13.8 Å². The summed E-state index contributed by atoms with van der Waals surface area (Å²) in [5.74, 6) is 0.895. The van der Waals surface area contributed by atoms with E-state index in [1.807, 2.05) is 44.2 Å². The van der Waals surface area contributed by atoms with E-state index in [0.717, 1.165) is 28.1 Å². The SMILES string of the molecule is Cc1cccc(C)c1OCc1ncccc1CO.Cl. The number of para-hydroxylation sites is 1. The van der Waals surface area contributed by atoms with Gasteiger partial charge in [-0.05, 0) is 31.0 Å². The summed E-state index contributed by atoms with van der Waals surface area (Å²) in [6.45, 7) is 4.41. The number of hydrogen-bond donors (Lipinski definition) is 1. The van der Waals surface area contributed by atoms with Crippen LogP contribution in [0.5, 0.6) is 5.75 Å². The van der Waals surface area contributed by atoms with Crippen LogP contribution < -0.4 is 4.74 Å². The summed E-state index contributed by atoms with van der Waals surface area (Å²) >= 11 is 0. The number of aliphatic hydroxyl groups is 1. The maximum atomic E-state index is 9.23. The second-order valence-corrected chi connectivity index (χ2v) is 4.28. The second kappa shape index (κ2) is 7.12. The number of pyridine rings is 1. The Hall–Kier alpha value is -1.58. The second-order valence-electron chi connectivity index (χ2n) is 4.28. The van der Waals surface area contributed by atoms with Gasteiger partial charge < -0.3 is 9.84 Å². The molecule has 0 fully saturated rings. The maximum absolute atomic E-state index is 9.23. The Balaban J connectivity index is 0.00000180. The number of benzene rings is 1. The number of aromatic nitrogens is 1. The highest BCUT2D eigenvalue weighted by Crippen LogP contribution is 2.23. The van der Waals surface area contributed by atoms with Gasteiger partial charge in [0.25, 0.3) is 0 Å². The number of ether oxygens (including phenoxy) is 1. The Kier molecular flexibility index (Phi) is 5.80. The van der Waals surface area contributed by atoms with Crippen LogP contribution in [-0.4, -0.2) is 10.1 Å². The average molecular weight is 280 g/mol. The van der Waals surface area contributed by atoms with E-state index < -0.39 is 0 Å². The van der Waals surface area contributed by atoms with E-state index in [4.69, 9.17) is 4.74 Å². The van der Waals surface area contributed by atoms with Gasteiger partial charge >= 0.3 is 0 Å². The maximum Gasteiger partial charge on any atom is 0.131 e. The van der Waals surface area contributed by atoms with Gasteiger partial charge in [0.15, 0.2) is 0 Å². The zero-order chi connectivity index (χ0) is 13.0. The molecule has 0 saturated carbocycles. The minimum Gasteiger partial charge on any atom is -0.487 e. The molecule has 0 bridgehead atoms. The van der Waals surface area contributed by atoms with Crippen LogP contribution in [0.2, 0.25) is 0 Å². The van der Waals surface area contributed by atoms with Gasteiger partial charge in [0.1, 0.15) is 12.4 Å². The minimum absolute atomic E-state index is 0. The Morgan fingerprint density at radius 2 is 1.79 bits per heavy atom. The normalized spacial score (nSPS) is 9.84. The van der Waals surface area contributed by atoms with Crippen molar-refractivity contribution in [3.05, 3.63) is 58.9 Å². The highest BCUT2D eigenvalue weighted by Gasteiger charge is 2.06. The number of nitrogens with zero attached hydrogens (tertiary/aromatic N) is 1. The molecule has 1 aromatic heterocycles. The number of hydrogen-bond acceptors (Lipinski definition) is 3. The van der Waals surface area contributed by atoms with Crippen molar-refractivity contribution in [2.45, 2.75) is 27.1 Å². The van der Waals surface area contributed by atoms with Crippen LogP contribution in [0.15, 0.2) is 36.5 Å². The molecular formula is C15H18ClNO2. The van der Waals surface area contributed by atoms with E-state index in [1.165, 1.54) is 0 Å². The van der Waals surface area contributed by atoms with Gasteiger partial charge in [-0.3, -0.25) is 4.98 Å². The van der Waals surface area contributed by atoms with E-state index in [-0.39, 0.29) is 19.0 Å². The van der Waals surface area contributed by atoms with E-state index in [0.29, 0.717) is 6.61 Å². The molecule has 102 valence electrons. The molecule has 4 heteroatoms. The third kappa shape index (κ3) is 3.69. The minimum atomic E-state index is -0.0146. The fourth-order valence-electron chi connectivity index (χ4n) is 1.91. The summed E-state index contributed by atoms with van der Waals surface area (Å²) in [6.07, 6.45) is 1.71. The third-order valence-corrected chi connectivity index (χ3v) is 2.92. The van der Waals surface area contributed by atoms with Crippen LogP contribution in [0.25, 0.3) is 0 Å². The van der Waals surface area contributed by atoms with E-state index in [1.54, 1.807) is 6.20 Å². The Morgan fingerprint density at radius 3 is 2.42 bits per heavy atom. The molecule has 0 unspecified atom stereocenters. The first kappa shape index (κ1) is 15.5. The highest BCUT2D eigenvalue weighted by atomic mass is 35.5. The lowest BCUT2D eigenvalue weighted by Gasteiger charge is -2.12. The molecule has 0 saturated heterocycles. The summed E-state index contributed by atoms with van der Waals surface area (Å²) in [6, 6.07) is 9.73. The van der Waals surface area contributed by atoms with Gasteiger partial charge in [0.2, 0.25) is 0 Å². The number of aryl methyl sites for hydroxylation is 2. The monoisotopic (exact) mass is 279 g/mol. The topological polar surface area (TPSA) is 42.4 Å². The smallest absolute Gasteiger partial charge is 0.131 e. The number of rotatable bonds is 4. The predicted octanol–water partition coefficient (Wildman–Crippen LogP) is 3.19. The first-order valence-electron chi connectivity index (χ1n) is 5.95. The van der Waals surface area contributed by atoms with Crippen molar-refractivity contribution in [2.24, 2.45) is 0 Å². The molecule has 19 heavy (non-hydrogen) atoms. The standard InChI is InChI=1S/C15H17NO2.ClH/c1-11-5-3-6-12(2)15(11)18-10-14-13(9-17)7-4-8-16-14;/h3-8,17H,9-10H2,1-2H3;1H. The first-order chi connectivity index (χ1) is 8.72. The van der Waals surface area contributed by atoms with Crippen molar-refractivity contribution < 1.29 is 9.84 Å². The molecule has 0 radical (unpaired) electrons. The molecule has 1 N–H and O–H groups in total. The van der Waals surface area contributed by atoms with Crippen LogP contribution in [0.1, 0.15) is 22.4 Å². The zero-order valence-electron chi connectivity index (χ0n) is 11.1. The lowest BCUT2D eigenvalue weighted by atomic mass is 10.1. The van der Waals surface area contributed by atoms with Crippen molar-refractivity contribution in [2.75, 3.05) is 0 Å². The fourth-order valence-corrected chi connectivity index (χ4v) is 1.91. The lowest BCUT2D eigenvalue weighted by Crippen LogP contribution is -2.04. The Morgan fingerprint density at radius 1 is 1.11 bits per heavy atom. The molecule has 0 amide bonds. The first-order valence-corrected chi connectivity index (χ1v) is 5.95. The Labute approximate surface area is 119 Å². The van der Waals surface area contributed by atoms with Gasteiger partial charge in [-0.2, -0.15) is 0 Å². The van der Waals surface area contributed by atoms with Crippen LogP contribution >= 0.6 is 12.4 Å². The van der Waals surface area contributed by atoms with Crippen LogP contribution in [0.3, 0.4) is 0 Å². The quantitative estimate of drug-likeness (QED) is 0.935. The zero-order valence-corrected chi connectivity index (χ0v) is 11.9. The predicted molar refractivity (Wildman–Crippen MR) is 77.7 cm³/mol. The van der Waals surface area contributed by atoms with Gasteiger partial charge in [0, 0.05) is 11.8 Å². The largest absolute Gasteiger partial charge is 0.487 e. The van der Waals surface area contributed by atoms with E-state index in [2.05, 4.69) is 4.98 Å². The van der Waals surface area contributed by atoms with Crippen molar-refractivity contribution in [1.29, 1.82) is 0 Å². The number of aliphatic hydroxyl groups excluding tert-OH is 1. The van der Waals surface area contributed by atoms with Gasteiger partial charge in [0.05, 0.1) is 12.3 Å². The van der Waals surface area contributed by atoms with E-state index >= 15 is 0 Å². The van der Waals surface area contributed by atoms with Gasteiger partial charge in [-0.25, -0.2) is 0 Å². The summed E-state index contributed by atoms with van der Waals surface area (Å²) in [5, 5.41) is 9.23. The molecular weight excluding hydrogens is 262 g/mol. The molecule has 1 aromatic carbocycles. The molecule has 2 rings (SSSR count). The molecule has 2 aromatic rings.